The fourth-order valence-corrected chi connectivity index (χ4v) is 4.29. The Balaban J connectivity index is 1.71. The molecular formula is C25H31N3O3S. The SMILES string of the molecule is CN/C=C\C(N)=NC(=O)c1cc(OC(C)C)c2c(c1)OC(CCSc1ccc(C)cc1)C2. The third-order valence-electron chi connectivity index (χ3n) is 4.88. The van der Waals surface area contributed by atoms with E-state index in [0.29, 0.717) is 17.1 Å². The number of carbonyl (C=O) groups excluding carboxylic acids is 1. The van der Waals surface area contributed by atoms with Crippen LogP contribution in [0.5, 0.6) is 11.5 Å². The van der Waals surface area contributed by atoms with E-state index in [-0.39, 0.29) is 18.0 Å². The summed E-state index contributed by atoms with van der Waals surface area (Å²) >= 11 is 1.82. The molecule has 32 heavy (non-hydrogen) atoms. The second kappa shape index (κ2) is 11.1. The lowest BCUT2D eigenvalue weighted by Gasteiger charge is -2.14. The average molecular weight is 454 g/mol. The lowest BCUT2D eigenvalue weighted by molar-refractivity contribution is 0.100. The monoisotopic (exact) mass is 453 g/mol. The molecule has 1 aliphatic heterocycles. The van der Waals surface area contributed by atoms with Crippen molar-refractivity contribution in [3.8, 4) is 11.5 Å². The largest absolute Gasteiger partial charge is 0.491 e. The Morgan fingerprint density at radius 2 is 2.09 bits per heavy atom. The van der Waals surface area contributed by atoms with Crippen LogP contribution in [0.4, 0.5) is 0 Å². The highest BCUT2D eigenvalue weighted by atomic mass is 32.2. The van der Waals surface area contributed by atoms with Gasteiger partial charge in [0.25, 0.3) is 5.91 Å². The van der Waals surface area contributed by atoms with E-state index in [1.165, 1.54) is 16.5 Å². The van der Waals surface area contributed by atoms with Crippen LogP contribution in [-0.4, -0.2) is 36.8 Å². The first kappa shape index (κ1) is 23.7. The average Bonchev–Trinajstić information content (AvgIpc) is 3.16. The van der Waals surface area contributed by atoms with Crippen molar-refractivity contribution in [2.24, 2.45) is 10.7 Å². The maximum atomic E-state index is 12.7. The lowest BCUT2D eigenvalue weighted by atomic mass is 10.0. The van der Waals surface area contributed by atoms with Gasteiger partial charge in [-0.1, -0.05) is 17.7 Å². The highest BCUT2D eigenvalue weighted by molar-refractivity contribution is 7.99. The van der Waals surface area contributed by atoms with Crippen molar-refractivity contribution < 1.29 is 14.3 Å². The zero-order valence-electron chi connectivity index (χ0n) is 19.1. The van der Waals surface area contributed by atoms with Crippen LogP contribution < -0.4 is 20.5 Å². The Bertz CT molecular complexity index is 1000. The number of rotatable bonds is 9. The molecule has 3 N–H and O–H groups in total. The standard InChI is InChI=1S/C25H31N3O3S/c1-16(2)30-22-13-18(25(29)28-24(26)9-11-27-4)14-23-21(22)15-19(31-23)10-12-32-20-7-5-17(3)6-8-20/h5-9,11,13-14,16,19,27H,10,12,15H2,1-4H3,(H2,26,28,29)/b11-9-. The fraction of sp³-hybridized carbons (Fsp3) is 0.360. The van der Waals surface area contributed by atoms with E-state index < -0.39 is 5.91 Å². The number of aryl methyl sites for hydroxylation is 1. The van der Waals surface area contributed by atoms with Gasteiger partial charge < -0.3 is 20.5 Å². The molecule has 1 amide bonds. The van der Waals surface area contributed by atoms with E-state index in [9.17, 15) is 4.79 Å². The number of fused-ring (bicyclic) bond motifs is 1. The third kappa shape index (κ3) is 6.53. The van der Waals surface area contributed by atoms with Crippen LogP contribution in [-0.2, 0) is 6.42 Å². The number of carbonyl (C=O) groups is 1. The van der Waals surface area contributed by atoms with Gasteiger partial charge in [-0.05, 0) is 63.7 Å². The van der Waals surface area contributed by atoms with Crippen LogP contribution in [0.25, 0.3) is 0 Å². The second-order valence-electron chi connectivity index (χ2n) is 7.98. The molecular weight excluding hydrogens is 422 g/mol. The molecule has 170 valence electrons. The summed E-state index contributed by atoms with van der Waals surface area (Å²) in [5.41, 5.74) is 8.47. The molecule has 0 radical (unpaired) electrons. The molecule has 1 atom stereocenters. The molecule has 0 aliphatic carbocycles. The molecule has 1 heterocycles. The Kier molecular flexibility index (Phi) is 8.22. The molecule has 3 rings (SSSR count). The predicted molar refractivity (Wildman–Crippen MR) is 131 cm³/mol. The lowest BCUT2D eigenvalue weighted by Crippen LogP contribution is -2.14. The summed E-state index contributed by atoms with van der Waals surface area (Å²) < 4.78 is 12.2. The third-order valence-corrected chi connectivity index (χ3v) is 5.93. The van der Waals surface area contributed by atoms with Crippen LogP contribution in [0.15, 0.2) is 58.6 Å². The van der Waals surface area contributed by atoms with Gasteiger partial charge in [0, 0.05) is 35.2 Å². The van der Waals surface area contributed by atoms with Gasteiger partial charge in [-0.3, -0.25) is 4.79 Å². The van der Waals surface area contributed by atoms with Gasteiger partial charge in [-0.15, -0.1) is 11.8 Å². The van der Waals surface area contributed by atoms with Crippen molar-refractivity contribution in [2.45, 2.75) is 50.7 Å². The summed E-state index contributed by atoms with van der Waals surface area (Å²) in [6, 6.07) is 12.0. The molecule has 1 aliphatic rings. The molecule has 0 spiro atoms. The van der Waals surface area contributed by atoms with Crippen molar-refractivity contribution in [2.75, 3.05) is 12.8 Å². The number of benzene rings is 2. The minimum Gasteiger partial charge on any atom is -0.491 e. The number of hydrogen-bond donors (Lipinski definition) is 2. The molecule has 0 fully saturated rings. The number of thioether (sulfide) groups is 1. The number of nitrogens with one attached hydrogen (secondary N) is 1. The number of nitrogens with zero attached hydrogens (tertiary/aromatic N) is 1. The first-order chi connectivity index (χ1) is 15.4. The molecule has 0 saturated heterocycles. The van der Waals surface area contributed by atoms with E-state index in [1.807, 2.05) is 25.6 Å². The van der Waals surface area contributed by atoms with Crippen LogP contribution in [0.3, 0.4) is 0 Å². The molecule has 0 bridgehead atoms. The second-order valence-corrected chi connectivity index (χ2v) is 9.14. The number of ether oxygens (including phenoxy) is 2. The minimum absolute atomic E-state index is 0.0206. The molecule has 6 nitrogen and oxygen atoms in total. The van der Waals surface area contributed by atoms with E-state index >= 15 is 0 Å². The Labute approximate surface area is 194 Å². The van der Waals surface area contributed by atoms with Gasteiger partial charge in [-0.2, -0.15) is 4.99 Å². The first-order valence-electron chi connectivity index (χ1n) is 10.8. The van der Waals surface area contributed by atoms with Crippen LogP contribution >= 0.6 is 11.8 Å². The normalized spacial score (nSPS) is 15.7. The highest BCUT2D eigenvalue weighted by Crippen LogP contribution is 2.39. The number of amides is 1. The summed E-state index contributed by atoms with van der Waals surface area (Å²) in [5.74, 6) is 2.02. The molecule has 2 aromatic carbocycles. The van der Waals surface area contributed by atoms with Crippen molar-refractivity contribution >= 4 is 23.5 Å². The van der Waals surface area contributed by atoms with Gasteiger partial charge in [0.2, 0.25) is 0 Å². The smallest absolute Gasteiger partial charge is 0.279 e. The Morgan fingerprint density at radius 1 is 1.34 bits per heavy atom. The predicted octanol–water partition coefficient (Wildman–Crippen LogP) is 4.50. The molecule has 2 aromatic rings. The van der Waals surface area contributed by atoms with E-state index in [0.717, 1.165) is 24.2 Å². The molecule has 0 saturated carbocycles. The van der Waals surface area contributed by atoms with Crippen molar-refractivity contribution in [1.82, 2.24) is 5.32 Å². The van der Waals surface area contributed by atoms with E-state index in [2.05, 4.69) is 41.5 Å². The Hall–Kier alpha value is -2.93. The summed E-state index contributed by atoms with van der Waals surface area (Å²) in [6.45, 7) is 6.02. The topological polar surface area (TPSA) is 85.9 Å². The van der Waals surface area contributed by atoms with E-state index in [4.69, 9.17) is 15.2 Å². The summed E-state index contributed by atoms with van der Waals surface area (Å²) in [6.07, 6.45) is 4.84. The van der Waals surface area contributed by atoms with Crippen LogP contribution in [0.1, 0.15) is 41.8 Å². The molecule has 7 heteroatoms. The quantitative estimate of drug-likeness (QED) is 0.330. The van der Waals surface area contributed by atoms with Crippen LogP contribution in [0, 0.1) is 6.92 Å². The van der Waals surface area contributed by atoms with Gasteiger partial charge >= 0.3 is 0 Å². The van der Waals surface area contributed by atoms with Gasteiger partial charge in [-0.25, -0.2) is 0 Å². The van der Waals surface area contributed by atoms with Gasteiger partial charge in [0.15, 0.2) is 0 Å². The van der Waals surface area contributed by atoms with Crippen molar-refractivity contribution in [1.29, 1.82) is 0 Å². The van der Waals surface area contributed by atoms with Gasteiger partial charge in [0.1, 0.15) is 23.4 Å². The highest BCUT2D eigenvalue weighted by Gasteiger charge is 2.28. The Morgan fingerprint density at radius 3 is 2.78 bits per heavy atom. The van der Waals surface area contributed by atoms with Crippen molar-refractivity contribution in [3.63, 3.8) is 0 Å². The van der Waals surface area contributed by atoms with Crippen molar-refractivity contribution in [3.05, 3.63) is 65.4 Å². The number of hydrogen-bond acceptors (Lipinski definition) is 5. The number of nitrogens with two attached hydrogens (primary N) is 1. The zero-order valence-corrected chi connectivity index (χ0v) is 19.9. The van der Waals surface area contributed by atoms with E-state index in [1.54, 1.807) is 25.4 Å². The van der Waals surface area contributed by atoms with Gasteiger partial charge in [0.05, 0.1) is 6.10 Å². The summed E-state index contributed by atoms with van der Waals surface area (Å²) in [7, 11) is 1.74. The minimum atomic E-state index is -0.429. The number of amidine groups is 1. The number of aliphatic imine (C=N–C) groups is 1. The zero-order chi connectivity index (χ0) is 23.1. The maximum absolute atomic E-state index is 12.7. The first-order valence-corrected chi connectivity index (χ1v) is 11.8. The molecule has 0 aromatic heterocycles. The summed E-state index contributed by atoms with van der Waals surface area (Å²) in [4.78, 5) is 17.9. The molecule has 1 unspecified atom stereocenters. The maximum Gasteiger partial charge on any atom is 0.279 e. The fourth-order valence-electron chi connectivity index (χ4n) is 3.35. The van der Waals surface area contributed by atoms with Crippen LogP contribution in [0.2, 0.25) is 0 Å². The summed E-state index contributed by atoms with van der Waals surface area (Å²) in [5, 5.41) is 2.82.